The molecule has 0 N–H and O–H groups in total. The van der Waals surface area contributed by atoms with E-state index in [9.17, 15) is 4.79 Å². The van der Waals surface area contributed by atoms with Gasteiger partial charge in [0, 0.05) is 13.1 Å². The van der Waals surface area contributed by atoms with Crippen LogP contribution in [0.3, 0.4) is 0 Å². The predicted molar refractivity (Wildman–Crippen MR) is 51.4 cm³/mol. The second-order valence-electron chi connectivity index (χ2n) is 4.23. The van der Waals surface area contributed by atoms with E-state index in [1.807, 2.05) is 13.8 Å². The fourth-order valence-electron chi connectivity index (χ4n) is 1.66. The van der Waals surface area contributed by atoms with Crippen molar-refractivity contribution in [2.24, 2.45) is 5.92 Å². The number of carbonyl (C=O) groups is 1. The Kier molecular flexibility index (Phi) is 2.96. The fourth-order valence-corrected chi connectivity index (χ4v) is 1.66. The van der Waals surface area contributed by atoms with Gasteiger partial charge in [-0.2, -0.15) is 0 Å². The molecule has 3 nitrogen and oxygen atoms in total. The minimum Gasteiger partial charge on any atom is -0.468 e. The lowest BCUT2D eigenvalue weighted by molar-refractivity contribution is -0.158. The van der Waals surface area contributed by atoms with Gasteiger partial charge in [0.1, 0.15) is 5.54 Å². The Balaban J connectivity index is 2.48. The van der Waals surface area contributed by atoms with Gasteiger partial charge in [0.05, 0.1) is 7.11 Å². The van der Waals surface area contributed by atoms with Crippen LogP contribution in [0.25, 0.3) is 0 Å². The lowest BCUT2D eigenvalue weighted by Crippen LogP contribution is -2.60. The number of carbonyl (C=O) groups excluding carboxylic acids is 1. The maximum atomic E-state index is 11.4. The van der Waals surface area contributed by atoms with Gasteiger partial charge in [-0.05, 0) is 19.8 Å². The van der Waals surface area contributed by atoms with Crippen molar-refractivity contribution in [1.29, 1.82) is 0 Å². The van der Waals surface area contributed by atoms with Crippen molar-refractivity contribution < 1.29 is 9.53 Å². The van der Waals surface area contributed by atoms with Gasteiger partial charge in [-0.25, -0.2) is 0 Å². The molecule has 76 valence electrons. The third kappa shape index (κ3) is 1.85. The summed E-state index contributed by atoms with van der Waals surface area (Å²) in [7, 11) is 1.45. The number of hydrogen-bond acceptors (Lipinski definition) is 3. The summed E-state index contributed by atoms with van der Waals surface area (Å²) in [5.41, 5.74) is -0.444. The molecule has 0 bridgehead atoms. The first-order valence-corrected chi connectivity index (χ1v) is 4.85. The molecule has 1 heterocycles. The highest BCUT2D eigenvalue weighted by Crippen LogP contribution is 2.28. The van der Waals surface area contributed by atoms with Crippen LogP contribution in [0, 0.1) is 5.92 Å². The van der Waals surface area contributed by atoms with Crippen molar-refractivity contribution in [3.63, 3.8) is 0 Å². The Hall–Kier alpha value is -0.570. The number of methoxy groups -OCH3 is 1. The first kappa shape index (κ1) is 10.5. The normalized spacial score (nSPS) is 19.7. The predicted octanol–water partition coefficient (Wildman–Crippen LogP) is 1.28. The maximum absolute atomic E-state index is 11.4. The molecule has 0 aromatic heterocycles. The number of hydrogen-bond donors (Lipinski definition) is 0. The Morgan fingerprint density at radius 1 is 1.54 bits per heavy atom. The van der Waals surface area contributed by atoms with E-state index in [1.54, 1.807) is 0 Å². The summed E-state index contributed by atoms with van der Waals surface area (Å²) in [5.74, 6) is 0.631. The van der Waals surface area contributed by atoms with E-state index >= 15 is 0 Å². The molecule has 0 spiro atoms. The summed E-state index contributed by atoms with van der Waals surface area (Å²) in [6, 6.07) is 0. The van der Waals surface area contributed by atoms with Crippen molar-refractivity contribution in [1.82, 2.24) is 4.90 Å². The molecular weight excluding hydrogens is 166 g/mol. The molecule has 1 fully saturated rings. The first-order chi connectivity index (χ1) is 6.02. The van der Waals surface area contributed by atoms with E-state index in [2.05, 4.69) is 11.8 Å². The lowest BCUT2D eigenvalue weighted by Gasteiger charge is -2.47. The number of ether oxygens (including phenoxy) is 1. The number of esters is 1. The third-order valence-corrected chi connectivity index (χ3v) is 3.01. The van der Waals surface area contributed by atoms with Gasteiger partial charge >= 0.3 is 5.97 Å². The van der Waals surface area contributed by atoms with Crippen LogP contribution in [0.4, 0.5) is 0 Å². The first-order valence-electron chi connectivity index (χ1n) is 4.85. The Morgan fingerprint density at radius 2 is 2.08 bits per heavy atom. The van der Waals surface area contributed by atoms with Gasteiger partial charge in [0.15, 0.2) is 0 Å². The molecule has 0 atom stereocenters. The molecule has 1 aliphatic rings. The van der Waals surface area contributed by atoms with Gasteiger partial charge in [-0.3, -0.25) is 9.69 Å². The van der Waals surface area contributed by atoms with Gasteiger partial charge < -0.3 is 4.74 Å². The summed E-state index contributed by atoms with van der Waals surface area (Å²) >= 11 is 0. The fraction of sp³-hybridized carbons (Fsp3) is 0.900. The van der Waals surface area contributed by atoms with Crippen molar-refractivity contribution in [3.8, 4) is 0 Å². The van der Waals surface area contributed by atoms with E-state index < -0.39 is 5.54 Å². The molecule has 1 rings (SSSR count). The third-order valence-electron chi connectivity index (χ3n) is 3.01. The molecule has 0 aromatic rings. The number of rotatable bonds is 3. The molecule has 0 aromatic carbocycles. The van der Waals surface area contributed by atoms with Crippen LogP contribution in [0.2, 0.25) is 0 Å². The summed E-state index contributed by atoms with van der Waals surface area (Å²) in [4.78, 5) is 13.6. The van der Waals surface area contributed by atoms with Crippen molar-refractivity contribution in [2.75, 3.05) is 20.2 Å². The quantitative estimate of drug-likeness (QED) is 0.620. The van der Waals surface area contributed by atoms with Crippen molar-refractivity contribution in [2.45, 2.75) is 32.7 Å². The Labute approximate surface area is 80.1 Å². The Morgan fingerprint density at radius 3 is 2.46 bits per heavy atom. The van der Waals surface area contributed by atoms with Gasteiger partial charge in [-0.15, -0.1) is 0 Å². The minimum atomic E-state index is -0.444. The molecule has 1 aliphatic heterocycles. The summed E-state index contributed by atoms with van der Waals surface area (Å²) in [6.45, 7) is 8.08. The summed E-state index contributed by atoms with van der Waals surface area (Å²) in [5, 5.41) is 0. The zero-order valence-corrected chi connectivity index (χ0v) is 8.96. The van der Waals surface area contributed by atoms with Gasteiger partial charge in [0.25, 0.3) is 0 Å². The van der Waals surface area contributed by atoms with Crippen LogP contribution in [-0.2, 0) is 9.53 Å². The topological polar surface area (TPSA) is 29.5 Å². The van der Waals surface area contributed by atoms with Crippen LogP contribution in [0.15, 0.2) is 0 Å². The smallest absolute Gasteiger partial charge is 0.325 e. The number of nitrogens with zero attached hydrogens (tertiary/aromatic N) is 1. The molecular formula is C10H19NO2. The van der Waals surface area contributed by atoms with Crippen LogP contribution in [0.1, 0.15) is 27.2 Å². The van der Waals surface area contributed by atoms with Crippen molar-refractivity contribution >= 4 is 5.97 Å². The van der Waals surface area contributed by atoms with E-state index in [0.717, 1.165) is 19.0 Å². The minimum absolute atomic E-state index is 0.137. The average molecular weight is 185 g/mol. The van der Waals surface area contributed by atoms with Crippen LogP contribution >= 0.6 is 0 Å². The van der Waals surface area contributed by atoms with E-state index in [4.69, 9.17) is 4.74 Å². The van der Waals surface area contributed by atoms with E-state index in [1.165, 1.54) is 13.5 Å². The lowest BCUT2D eigenvalue weighted by atomic mass is 9.90. The van der Waals surface area contributed by atoms with E-state index in [0.29, 0.717) is 0 Å². The second kappa shape index (κ2) is 3.66. The average Bonchev–Trinajstić information content (AvgIpc) is 2.00. The highest BCUT2D eigenvalue weighted by Gasteiger charge is 2.42. The highest BCUT2D eigenvalue weighted by atomic mass is 16.5. The number of likely N-dealkylation sites (tertiary alicyclic amines) is 1. The SMILES string of the molecule is CCC1CN(C(C)(C)C(=O)OC)C1. The highest BCUT2D eigenvalue weighted by molar-refractivity contribution is 5.79. The molecule has 0 radical (unpaired) electrons. The second-order valence-corrected chi connectivity index (χ2v) is 4.23. The summed E-state index contributed by atoms with van der Waals surface area (Å²) in [6.07, 6.45) is 1.20. The molecule has 0 unspecified atom stereocenters. The Bertz CT molecular complexity index is 195. The van der Waals surface area contributed by atoms with E-state index in [-0.39, 0.29) is 5.97 Å². The molecule has 3 heteroatoms. The standard InChI is InChI=1S/C10H19NO2/c1-5-8-6-11(7-8)10(2,3)9(12)13-4/h8H,5-7H2,1-4H3. The molecule has 13 heavy (non-hydrogen) atoms. The van der Waals surface area contributed by atoms with Crippen LogP contribution in [-0.4, -0.2) is 36.6 Å². The van der Waals surface area contributed by atoms with Gasteiger partial charge in [0.2, 0.25) is 0 Å². The molecule has 1 saturated heterocycles. The summed E-state index contributed by atoms with van der Waals surface area (Å²) < 4.78 is 4.76. The largest absolute Gasteiger partial charge is 0.468 e. The molecule has 0 aliphatic carbocycles. The molecule has 0 amide bonds. The zero-order valence-electron chi connectivity index (χ0n) is 8.96. The zero-order chi connectivity index (χ0) is 10.1. The maximum Gasteiger partial charge on any atom is 0.325 e. The molecule has 0 saturated carbocycles. The monoisotopic (exact) mass is 185 g/mol. The van der Waals surface area contributed by atoms with Gasteiger partial charge in [-0.1, -0.05) is 13.3 Å². The van der Waals surface area contributed by atoms with Crippen molar-refractivity contribution in [3.05, 3.63) is 0 Å². The van der Waals surface area contributed by atoms with Crippen LogP contribution in [0.5, 0.6) is 0 Å². The van der Waals surface area contributed by atoms with Crippen LogP contribution < -0.4 is 0 Å².